The van der Waals surface area contributed by atoms with Gasteiger partial charge in [0.05, 0.1) is 12.1 Å². The van der Waals surface area contributed by atoms with E-state index in [1.807, 2.05) is 32.0 Å². The van der Waals surface area contributed by atoms with Crippen LogP contribution in [0, 0.1) is 0 Å². The Morgan fingerprint density at radius 2 is 1.81 bits per heavy atom. The monoisotopic (exact) mass is 376 g/mol. The summed E-state index contributed by atoms with van der Waals surface area (Å²) in [5.41, 5.74) is 0. The second-order valence-electron chi connectivity index (χ2n) is 9.18. The molecule has 2 heterocycles. The minimum Gasteiger partial charge on any atom is -0.408 e. The van der Waals surface area contributed by atoms with Gasteiger partial charge in [0.25, 0.3) is 0 Å². The Morgan fingerprint density at radius 1 is 1.12 bits per heavy atom. The molecule has 144 valence electrons. The Bertz CT molecular complexity index is 655. The molecule has 1 aliphatic carbocycles. The first kappa shape index (κ1) is 19.5. The molecule has 0 bridgehead atoms. The number of rotatable bonds is 4. The van der Waals surface area contributed by atoms with E-state index in [9.17, 15) is 0 Å². The van der Waals surface area contributed by atoms with Gasteiger partial charge in [-0.15, -0.1) is 0 Å². The number of nitrogens with one attached hydrogen (secondary N) is 1. The molecule has 6 heteroatoms. The van der Waals surface area contributed by atoms with Gasteiger partial charge in [-0.25, -0.2) is 4.98 Å². The molecule has 2 unspecified atom stereocenters. The molecule has 0 aromatic carbocycles. The summed E-state index contributed by atoms with van der Waals surface area (Å²) >= 11 is 0. The molecular formula is C20H32N2O3Si. The highest BCUT2D eigenvalue weighted by molar-refractivity contribution is 6.74. The van der Waals surface area contributed by atoms with Crippen molar-refractivity contribution in [3.63, 3.8) is 0 Å². The topological polar surface area (TPSA) is 52.6 Å². The molecule has 2 aliphatic rings. The van der Waals surface area contributed by atoms with Crippen LogP contribution in [0.2, 0.25) is 18.1 Å². The van der Waals surface area contributed by atoms with E-state index >= 15 is 0 Å². The van der Waals surface area contributed by atoms with E-state index in [1.54, 1.807) is 6.20 Å². The van der Waals surface area contributed by atoms with E-state index in [2.05, 4.69) is 56.3 Å². The van der Waals surface area contributed by atoms with Gasteiger partial charge in [-0.1, -0.05) is 39.0 Å². The van der Waals surface area contributed by atoms with Crippen molar-refractivity contribution >= 4 is 14.1 Å². The van der Waals surface area contributed by atoms with Crippen molar-refractivity contribution < 1.29 is 13.9 Å². The summed E-state index contributed by atoms with van der Waals surface area (Å²) in [7, 11) is -1.91. The summed E-state index contributed by atoms with van der Waals surface area (Å²) in [5, 5.41) is 3.60. The first-order valence-corrected chi connectivity index (χ1v) is 12.3. The van der Waals surface area contributed by atoms with Gasteiger partial charge in [-0.2, -0.15) is 0 Å². The van der Waals surface area contributed by atoms with E-state index in [1.165, 1.54) is 0 Å². The lowest BCUT2D eigenvalue weighted by Crippen LogP contribution is -2.53. The number of hydrogen-bond acceptors (Lipinski definition) is 5. The smallest absolute Gasteiger partial charge is 0.193 e. The van der Waals surface area contributed by atoms with Crippen molar-refractivity contribution in [3.05, 3.63) is 36.5 Å². The third kappa shape index (κ3) is 4.03. The molecule has 1 aromatic heterocycles. The van der Waals surface area contributed by atoms with Gasteiger partial charge < -0.3 is 19.2 Å². The molecular weight excluding hydrogens is 344 g/mol. The highest BCUT2D eigenvalue weighted by atomic mass is 28.4. The Hall–Kier alpha value is -1.21. The number of nitrogens with zero attached hydrogens (tertiary/aromatic N) is 1. The molecule has 4 atom stereocenters. The number of fused-ring (bicyclic) bond motifs is 1. The number of aromatic nitrogens is 1. The van der Waals surface area contributed by atoms with Gasteiger partial charge in [0, 0.05) is 6.20 Å². The van der Waals surface area contributed by atoms with Crippen LogP contribution in [0.4, 0.5) is 5.82 Å². The largest absolute Gasteiger partial charge is 0.408 e. The normalized spacial score (nSPS) is 30.9. The molecule has 0 radical (unpaired) electrons. The average molecular weight is 377 g/mol. The van der Waals surface area contributed by atoms with E-state index in [0.717, 1.165) is 5.82 Å². The zero-order valence-electron chi connectivity index (χ0n) is 16.9. The van der Waals surface area contributed by atoms with Crippen molar-refractivity contribution in [1.29, 1.82) is 0 Å². The van der Waals surface area contributed by atoms with Crippen LogP contribution in [0.1, 0.15) is 34.6 Å². The van der Waals surface area contributed by atoms with E-state index in [4.69, 9.17) is 13.9 Å². The zero-order chi connectivity index (χ0) is 19.2. The summed E-state index contributed by atoms with van der Waals surface area (Å²) in [6.45, 7) is 15.2. The van der Waals surface area contributed by atoms with Crippen LogP contribution in [-0.4, -0.2) is 43.4 Å². The molecule has 5 nitrogen and oxygen atoms in total. The predicted octanol–water partition coefficient (Wildman–Crippen LogP) is 4.34. The number of hydrogen-bond donors (Lipinski definition) is 1. The van der Waals surface area contributed by atoms with Crippen LogP contribution < -0.4 is 5.32 Å². The summed E-state index contributed by atoms with van der Waals surface area (Å²) < 4.78 is 19.1. The van der Waals surface area contributed by atoms with Gasteiger partial charge in [0.1, 0.15) is 18.0 Å². The molecule has 1 saturated heterocycles. The van der Waals surface area contributed by atoms with Gasteiger partial charge in [0.15, 0.2) is 14.1 Å². The Balaban J connectivity index is 1.82. The van der Waals surface area contributed by atoms with Crippen molar-refractivity contribution in [2.75, 3.05) is 5.32 Å². The highest BCUT2D eigenvalue weighted by Gasteiger charge is 2.52. The van der Waals surface area contributed by atoms with Crippen LogP contribution in [0.3, 0.4) is 0 Å². The first-order chi connectivity index (χ1) is 12.0. The number of pyridine rings is 1. The first-order valence-electron chi connectivity index (χ1n) is 9.38. The number of ether oxygens (including phenoxy) is 2. The van der Waals surface area contributed by atoms with Crippen LogP contribution in [-0.2, 0) is 13.9 Å². The second kappa shape index (κ2) is 6.75. The number of anilines is 1. The van der Waals surface area contributed by atoms with Crippen molar-refractivity contribution in [2.24, 2.45) is 0 Å². The maximum absolute atomic E-state index is 6.65. The third-order valence-electron chi connectivity index (χ3n) is 5.57. The fourth-order valence-corrected chi connectivity index (χ4v) is 4.42. The maximum Gasteiger partial charge on any atom is 0.193 e. The van der Waals surface area contributed by atoms with Gasteiger partial charge in [-0.05, 0) is 44.1 Å². The minimum absolute atomic E-state index is 0.00376. The lowest BCUT2D eigenvalue weighted by atomic mass is 9.94. The summed E-state index contributed by atoms with van der Waals surface area (Å²) in [6.07, 6.45) is 5.71. The molecule has 26 heavy (non-hydrogen) atoms. The van der Waals surface area contributed by atoms with E-state index in [-0.39, 0.29) is 29.4 Å². The lowest BCUT2D eigenvalue weighted by molar-refractivity contribution is -0.151. The summed E-state index contributed by atoms with van der Waals surface area (Å²) in [4.78, 5) is 4.37. The Labute approximate surface area is 158 Å². The predicted molar refractivity (Wildman–Crippen MR) is 107 cm³/mol. The van der Waals surface area contributed by atoms with Gasteiger partial charge in [0.2, 0.25) is 0 Å². The van der Waals surface area contributed by atoms with Crippen molar-refractivity contribution in [2.45, 2.75) is 82.9 Å². The third-order valence-corrected chi connectivity index (χ3v) is 10.0. The van der Waals surface area contributed by atoms with Crippen molar-refractivity contribution in [1.82, 2.24) is 4.98 Å². The zero-order valence-corrected chi connectivity index (χ0v) is 17.9. The second-order valence-corrected chi connectivity index (χ2v) is 13.9. The van der Waals surface area contributed by atoms with E-state index in [0.29, 0.717) is 0 Å². The lowest BCUT2D eigenvalue weighted by Gasteiger charge is -2.42. The average Bonchev–Trinajstić information content (AvgIpc) is 2.85. The Kier molecular flexibility index (Phi) is 5.07. The Morgan fingerprint density at radius 3 is 2.42 bits per heavy atom. The molecule has 0 spiro atoms. The highest BCUT2D eigenvalue weighted by Crippen LogP contribution is 2.42. The molecule has 0 amide bonds. The summed E-state index contributed by atoms with van der Waals surface area (Å²) in [6, 6.07) is 5.84. The molecule has 1 aromatic rings. The van der Waals surface area contributed by atoms with Crippen LogP contribution in [0.25, 0.3) is 0 Å². The molecule has 1 aliphatic heterocycles. The van der Waals surface area contributed by atoms with Crippen LogP contribution >= 0.6 is 0 Å². The quantitative estimate of drug-likeness (QED) is 0.626. The van der Waals surface area contributed by atoms with Crippen LogP contribution in [0.5, 0.6) is 0 Å². The van der Waals surface area contributed by atoms with Gasteiger partial charge >= 0.3 is 0 Å². The molecule has 0 saturated carbocycles. The minimum atomic E-state index is -1.91. The molecule has 1 N–H and O–H groups in total. The fourth-order valence-electron chi connectivity index (χ4n) is 3.17. The SMILES string of the molecule is CC1(C)OC2C(O1)[C@H](O[Si](C)(C)C(C)(C)C)C=C[C@@H]2Nc1ccccn1. The fraction of sp³-hybridized carbons (Fsp3) is 0.650. The molecule has 1 fully saturated rings. The summed E-state index contributed by atoms with van der Waals surface area (Å²) in [5.74, 6) is 0.207. The van der Waals surface area contributed by atoms with Crippen LogP contribution in [0.15, 0.2) is 36.5 Å². The standard InChI is InChI=1S/C20H32N2O3Si/c1-19(2,3)26(6,7)25-15-12-11-14(22-16-10-8-9-13-21-16)17-18(15)24-20(4,5)23-17/h8-15,17-18H,1-7H3,(H,21,22)/t14-,15+,17?,18?/m0/s1. The van der Waals surface area contributed by atoms with Gasteiger partial charge in [-0.3, -0.25) is 0 Å². The molecule has 3 rings (SSSR count). The maximum atomic E-state index is 6.65. The van der Waals surface area contributed by atoms with E-state index < -0.39 is 14.1 Å². The van der Waals surface area contributed by atoms with Crippen molar-refractivity contribution in [3.8, 4) is 0 Å².